The third-order valence-electron chi connectivity index (χ3n) is 5.29. The van der Waals surface area contributed by atoms with Gasteiger partial charge in [0.1, 0.15) is 5.82 Å². The van der Waals surface area contributed by atoms with Crippen LogP contribution in [-0.2, 0) is 6.18 Å². The Morgan fingerprint density at radius 2 is 1.93 bits per heavy atom. The second-order valence-electron chi connectivity index (χ2n) is 8.16. The van der Waals surface area contributed by atoms with Crippen LogP contribution in [0, 0.1) is 6.92 Å². The molecule has 1 aromatic carbocycles. The Morgan fingerprint density at radius 1 is 1.20 bits per heavy atom. The Bertz CT molecular complexity index is 973. The van der Waals surface area contributed by atoms with Gasteiger partial charge in [-0.05, 0) is 75.1 Å². The summed E-state index contributed by atoms with van der Waals surface area (Å²) < 4.78 is 37.9. The smallest absolute Gasteiger partial charge is 0.362 e. The summed E-state index contributed by atoms with van der Waals surface area (Å²) in [6, 6.07) is 6.53. The summed E-state index contributed by atoms with van der Waals surface area (Å²) in [5.41, 5.74) is 7.48. The molecule has 1 aromatic heterocycles. The van der Waals surface area contributed by atoms with E-state index >= 15 is 0 Å². The van der Waals surface area contributed by atoms with Crippen molar-refractivity contribution in [2.75, 3.05) is 16.9 Å². The highest BCUT2D eigenvalue weighted by Crippen LogP contribution is 2.40. The highest BCUT2D eigenvalue weighted by atomic mass is 19.4. The Labute approximate surface area is 175 Å². The fraction of sp³-hybridized carbons (Fsp3) is 0.391. The van der Waals surface area contributed by atoms with E-state index in [-0.39, 0.29) is 11.4 Å². The second kappa shape index (κ2) is 8.13. The Hall–Kier alpha value is -2.83. The molecule has 1 aliphatic heterocycles. The largest absolute Gasteiger partial charge is 0.417 e. The zero-order valence-corrected chi connectivity index (χ0v) is 17.9. The molecule has 0 fully saturated rings. The van der Waals surface area contributed by atoms with E-state index < -0.39 is 11.7 Å². The van der Waals surface area contributed by atoms with Gasteiger partial charge < -0.3 is 4.90 Å². The number of hydrazone groups is 1. The molecule has 0 saturated heterocycles. The van der Waals surface area contributed by atoms with Crippen LogP contribution in [0.2, 0.25) is 0 Å². The van der Waals surface area contributed by atoms with Crippen LogP contribution in [0.1, 0.15) is 56.4 Å². The van der Waals surface area contributed by atoms with Gasteiger partial charge in [0, 0.05) is 24.0 Å². The molecule has 7 heteroatoms. The van der Waals surface area contributed by atoms with Crippen molar-refractivity contribution in [3.63, 3.8) is 0 Å². The van der Waals surface area contributed by atoms with Crippen LogP contribution in [0.5, 0.6) is 0 Å². The number of hydrogen-bond donors (Lipinski definition) is 1. The molecule has 160 valence electrons. The maximum absolute atomic E-state index is 12.6. The molecule has 0 radical (unpaired) electrons. The van der Waals surface area contributed by atoms with Crippen molar-refractivity contribution in [1.29, 1.82) is 0 Å². The Kier molecular flexibility index (Phi) is 5.92. The molecule has 3 rings (SSSR count). The molecule has 1 N–H and O–H groups in total. The lowest BCUT2D eigenvalue weighted by Crippen LogP contribution is -2.45. The van der Waals surface area contributed by atoms with Gasteiger partial charge in [-0.1, -0.05) is 13.0 Å². The number of allylic oxidation sites excluding steroid dienone is 1. The van der Waals surface area contributed by atoms with E-state index in [2.05, 4.69) is 66.3 Å². The monoisotopic (exact) mass is 416 g/mol. The van der Waals surface area contributed by atoms with Gasteiger partial charge in [-0.2, -0.15) is 18.3 Å². The Balaban J connectivity index is 1.84. The van der Waals surface area contributed by atoms with Crippen molar-refractivity contribution in [3.05, 3.63) is 58.8 Å². The van der Waals surface area contributed by atoms with Crippen molar-refractivity contribution in [2.45, 2.75) is 52.8 Å². The van der Waals surface area contributed by atoms with Gasteiger partial charge in [0.15, 0.2) is 0 Å². The maximum atomic E-state index is 12.6. The number of nitrogens with one attached hydrogen (secondary N) is 1. The highest BCUT2D eigenvalue weighted by molar-refractivity contribution is 5.89. The van der Waals surface area contributed by atoms with Crippen molar-refractivity contribution in [3.8, 4) is 0 Å². The van der Waals surface area contributed by atoms with E-state index in [1.165, 1.54) is 22.9 Å². The molecule has 0 unspecified atom stereocenters. The van der Waals surface area contributed by atoms with E-state index in [0.717, 1.165) is 36.4 Å². The van der Waals surface area contributed by atoms with Gasteiger partial charge in [-0.25, -0.2) is 4.98 Å². The van der Waals surface area contributed by atoms with E-state index in [1.807, 2.05) is 6.92 Å². The van der Waals surface area contributed by atoms with Crippen LogP contribution in [0.3, 0.4) is 0 Å². The summed E-state index contributed by atoms with van der Waals surface area (Å²) in [4.78, 5) is 6.19. The summed E-state index contributed by atoms with van der Waals surface area (Å²) in [5.74, 6) is 0.252. The third-order valence-corrected chi connectivity index (χ3v) is 5.29. The lowest BCUT2D eigenvalue weighted by atomic mass is 9.87. The average Bonchev–Trinajstić information content (AvgIpc) is 2.65. The second-order valence-corrected chi connectivity index (χ2v) is 8.16. The highest BCUT2D eigenvalue weighted by Gasteiger charge is 2.31. The van der Waals surface area contributed by atoms with Crippen LogP contribution in [0.15, 0.2) is 41.6 Å². The number of aryl methyl sites for hydroxylation is 1. The van der Waals surface area contributed by atoms with E-state index in [9.17, 15) is 13.2 Å². The number of alkyl halides is 3. The minimum Gasteiger partial charge on any atom is -0.362 e. The SMILES string of the molecule is CCCN1c2cc(C)c(/C=N/Nc3ccc(C(F)(F)F)cn3)cc2C(C)=CC1(C)C. The molecule has 0 amide bonds. The molecule has 4 nitrogen and oxygen atoms in total. The Morgan fingerprint density at radius 3 is 2.53 bits per heavy atom. The van der Waals surface area contributed by atoms with Gasteiger partial charge >= 0.3 is 6.18 Å². The first-order valence-corrected chi connectivity index (χ1v) is 9.97. The number of aromatic nitrogens is 1. The van der Waals surface area contributed by atoms with Crippen molar-refractivity contribution < 1.29 is 13.2 Å². The molecule has 0 spiro atoms. The summed E-state index contributed by atoms with van der Waals surface area (Å²) >= 11 is 0. The van der Waals surface area contributed by atoms with Crippen molar-refractivity contribution in [2.24, 2.45) is 5.10 Å². The van der Waals surface area contributed by atoms with Gasteiger partial charge in [-0.3, -0.25) is 5.43 Å². The predicted molar refractivity (Wildman–Crippen MR) is 117 cm³/mol. The minimum atomic E-state index is -4.40. The van der Waals surface area contributed by atoms with E-state index in [4.69, 9.17) is 0 Å². The standard InChI is InChI=1S/C23H27F3N4/c1-6-9-30-20-10-15(2)17(11-19(20)16(3)12-22(30,4)5)13-28-29-21-8-7-18(14-27-21)23(24,25)26/h7-8,10-14H,6,9H2,1-5H3,(H,27,29)/b28-13+. The van der Waals surface area contributed by atoms with E-state index in [0.29, 0.717) is 0 Å². The normalized spacial score (nSPS) is 15.9. The minimum absolute atomic E-state index is 0.0507. The number of hydrogen-bond acceptors (Lipinski definition) is 4. The summed E-state index contributed by atoms with van der Waals surface area (Å²) in [5, 5.41) is 4.17. The summed E-state index contributed by atoms with van der Waals surface area (Å²) in [7, 11) is 0. The molecule has 0 saturated carbocycles. The fourth-order valence-electron chi connectivity index (χ4n) is 3.81. The number of nitrogens with zero attached hydrogens (tertiary/aromatic N) is 3. The molecule has 0 aliphatic carbocycles. The molecule has 1 aliphatic rings. The number of anilines is 2. The number of rotatable bonds is 5. The maximum Gasteiger partial charge on any atom is 0.417 e. The number of fused-ring (bicyclic) bond motifs is 1. The van der Waals surface area contributed by atoms with Gasteiger partial charge in [0.05, 0.1) is 17.3 Å². The average molecular weight is 416 g/mol. The van der Waals surface area contributed by atoms with Crippen LogP contribution >= 0.6 is 0 Å². The van der Waals surface area contributed by atoms with Crippen LogP contribution < -0.4 is 10.3 Å². The lowest BCUT2D eigenvalue weighted by Gasteiger charge is -2.43. The summed E-state index contributed by atoms with van der Waals surface area (Å²) in [6.07, 6.45) is 1.40. The lowest BCUT2D eigenvalue weighted by molar-refractivity contribution is -0.137. The van der Waals surface area contributed by atoms with Crippen molar-refractivity contribution in [1.82, 2.24) is 4.98 Å². The molecule has 2 aromatic rings. The van der Waals surface area contributed by atoms with Gasteiger partial charge in [-0.15, -0.1) is 0 Å². The number of benzene rings is 1. The first-order valence-electron chi connectivity index (χ1n) is 9.97. The molecular formula is C23H27F3N4. The van der Waals surface area contributed by atoms with Gasteiger partial charge in [0.2, 0.25) is 0 Å². The fourth-order valence-corrected chi connectivity index (χ4v) is 3.81. The molecule has 30 heavy (non-hydrogen) atoms. The number of halogens is 3. The molecular weight excluding hydrogens is 389 g/mol. The van der Waals surface area contributed by atoms with Crippen LogP contribution in [0.25, 0.3) is 5.57 Å². The van der Waals surface area contributed by atoms with Crippen LogP contribution in [0.4, 0.5) is 24.7 Å². The first-order chi connectivity index (χ1) is 14.0. The molecule has 0 atom stereocenters. The topological polar surface area (TPSA) is 40.5 Å². The van der Waals surface area contributed by atoms with E-state index in [1.54, 1.807) is 6.21 Å². The quantitative estimate of drug-likeness (QED) is 0.461. The first kappa shape index (κ1) is 21.9. The molecule has 2 heterocycles. The third kappa shape index (κ3) is 4.50. The van der Waals surface area contributed by atoms with Crippen molar-refractivity contribution >= 4 is 23.3 Å². The molecule has 0 bridgehead atoms. The zero-order chi connectivity index (χ0) is 22.1. The van der Waals surface area contributed by atoms with Gasteiger partial charge in [0.25, 0.3) is 0 Å². The summed E-state index contributed by atoms with van der Waals surface area (Å²) in [6.45, 7) is 11.7. The zero-order valence-electron chi connectivity index (χ0n) is 17.9. The predicted octanol–water partition coefficient (Wildman–Crippen LogP) is 6.27. The van der Waals surface area contributed by atoms with Crippen LogP contribution in [-0.4, -0.2) is 23.3 Å². The number of pyridine rings is 1.